The van der Waals surface area contributed by atoms with Gasteiger partial charge in [0, 0.05) is 12.3 Å². The number of fused-ring (bicyclic) bond motifs is 1. The Kier molecular flexibility index (Phi) is 7.23. The summed E-state index contributed by atoms with van der Waals surface area (Å²) < 4.78 is 0. The van der Waals surface area contributed by atoms with Crippen LogP contribution in [0.4, 0.5) is 0 Å². The molecule has 3 unspecified atom stereocenters. The Hall–Kier alpha value is -0.410. The number of hydrogen-bond donors (Lipinski definition) is 2. The molecule has 0 amide bonds. The van der Waals surface area contributed by atoms with Crippen molar-refractivity contribution < 1.29 is 15.0 Å². The lowest BCUT2D eigenvalue weighted by Crippen LogP contribution is -2.40. The fourth-order valence-corrected chi connectivity index (χ4v) is 5.91. The highest BCUT2D eigenvalue weighted by Crippen LogP contribution is 2.58. The van der Waals surface area contributed by atoms with Crippen molar-refractivity contribution in [1.29, 1.82) is 0 Å². The van der Waals surface area contributed by atoms with Gasteiger partial charge in [0.05, 0.1) is 11.2 Å². The predicted octanol–water partition coefficient (Wildman–Crippen LogP) is 5.52. The van der Waals surface area contributed by atoms with E-state index >= 15 is 0 Å². The second kappa shape index (κ2) is 8.53. The molecule has 2 fully saturated rings. The summed E-state index contributed by atoms with van der Waals surface area (Å²) in [5.74, 6) is 2.26. The van der Waals surface area contributed by atoms with Crippen molar-refractivity contribution in [3.8, 4) is 0 Å². The summed E-state index contributed by atoms with van der Waals surface area (Å²) in [5.41, 5.74) is -1.07. The number of rotatable bonds is 9. The highest BCUT2D eigenvalue weighted by atomic mass is 16.3. The van der Waals surface area contributed by atoms with E-state index in [2.05, 4.69) is 13.8 Å². The van der Waals surface area contributed by atoms with Crippen LogP contribution in [-0.4, -0.2) is 27.2 Å². The summed E-state index contributed by atoms with van der Waals surface area (Å²) in [6.45, 7) is 12.1. The molecule has 0 aliphatic heterocycles. The van der Waals surface area contributed by atoms with Crippen LogP contribution in [0.1, 0.15) is 106 Å². The third-order valence-electron chi connectivity index (χ3n) is 8.05. The zero-order valence-corrected chi connectivity index (χ0v) is 18.7. The predicted molar refractivity (Wildman–Crippen MR) is 112 cm³/mol. The number of ketones is 1. The monoisotopic (exact) mass is 380 g/mol. The van der Waals surface area contributed by atoms with Crippen molar-refractivity contribution in [2.24, 2.45) is 29.1 Å². The minimum atomic E-state index is -0.638. The normalized spacial score (nSPS) is 31.6. The average Bonchev–Trinajstić information content (AvgIpc) is 2.86. The fourth-order valence-electron chi connectivity index (χ4n) is 5.91. The molecule has 3 heteroatoms. The van der Waals surface area contributed by atoms with Crippen LogP contribution < -0.4 is 0 Å². The molecule has 3 nitrogen and oxygen atoms in total. The lowest BCUT2D eigenvalue weighted by Gasteiger charge is -2.43. The topological polar surface area (TPSA) is 57.5 Å². The largest absolute Gasteiger partial charge is 0.390 e. The number of aliphatic hydroxyl groups is 2. The van der Waals surface area contributed by atoms with Crippen LogP contribution in [-0.2, 0) is 4.79 Å². The fraction of sp³-hybridized carbons (Fsp3) is 0.958. The Labute approximate surface area is 167 Å². The Morgan fingerprint density at radius 3 is 2.37 bits per heavy atom. The van der Waals surface area contributed by atoms with Crippen LogP contribution in [0.2, 0.25) is 0 Å². The van der Waals surface area contributed by atoms with E-state index in [1.54, 1.807) is 0 Å². The molecule has 2 aliphatic rings. The zero-order valence-electron chi connectivity index (χ0n) is 18.7. The SMILES string of the molecule is CC(CC[C@H](CCCC(C)(C)O)C1CCC2C(=O)CCC[C@@]21C)C(C)(C)O. The molecule has 158 valence electrons. The first-order chi connectivity index (χ1) is 12.3. The van der Waals surface area contributed by atoms with Crippen molar-refractivity contribution >= 4 is 5.78 Å². The van der Waals surface area contributed by atoms with Gasteiger partial charge in [-0.15, -0.1) is 0 Å². The third-order valence-corrected chi connectivity index (χ3v) is 8.05. The maximum atomic E-state index is 12.5. The van der Waals surface area contributed by atoms with E-state index < -0.39 is 11.2 Å². The summed E-state index contributed by atoms with van der Waals surface area (Å²) in [6.07, 6.45) is 10.4. The van der Waals surface area contributed by atoms with Crippen molar-refractivity contribution in [1.82, 2.24) is 0 Å². The summed E-state index contributed by atoms with van der Waals surface area (Å²) in [6, 6.07) is 0. The second-order valence-corrected chi connectivity index (χ2v) is 11.2. The van der Waals surface area contributed by atoms with Crippen LogP contribution in [0.25, 0.3) is 0 Å². The maximum Gasteiger partial charge on any atom is 0.136 e. The first-order valence-electron chi connectivity index (χ1n) is 11.3. The molecule has 0 radical (unpaired) electrons. The van der Waals surface area contributed by atoms with E-state index in [1.807, 2.05) is 27.7 Å². The minimum Gasteiger partial charge on any atom is -0.390 e. The highest BCUT2D eigenvalue weighted by molar-refractivity contribution is 5.83. The van der Waals surface area contributed by atoms with Crippen molar-refractivity contribution in [3.05, 3.63) is 0 Å². The molecule has 0 spiro atoms. The maximum absolute atomic E-state index is 12.5. The Bertz CT molecular complexity index is 499. The molecular weight excluding hydrogens is 336 g/mol. The van der Waals surface area contributed by atoms with Gasteiger partial charge in [-0.2, -0.15) is 0 Å². The quantitative estimate of drug-likeness (QED) is 0.554. The first kappa shape index (κ1) is 22.9. The summed E-state index contributed by atoms with van der Waals surface area (Å²) in [4.78, 5) is 12.5. The Morgan fingerprint density at radius 1 is 1.11 bits per heavy atom. The van der Waals surface area contributed by atoms with Crippen LogP contribution >= 0.6 is 0 Å². The van der Waals surface area contributed by atoms with E-state index in [0.29, 0.717) is 17.6 Å². The number of carbonyl (C=O) groups excluding carboxylic acids is 1. The van der Waals surface area contributed by atoms with Crippen LogP contribution in [0.5, 0.6) is 0 Å². The standard InChI is InChI=1S/C24H44O3/c1-17(23(4,5)27)11-12-18(9-7-15-22(2,3)26)19-13-14-20-21(25)10-8-16-24(19,20)6/h17-20,26-27H,7-16H2,1-6H3/t17?,18-,19?,20?,24+/m0/s1. The van der Waals surface area contributed by atoms with Crippen LogP contribution in [0, 0.1) is 29.1 Å². The smallest absolute Gasteiger partial charge is 0.136 e. The summed E-state index contributed by atoms with van der Waals surface area (Å²) in [7, 11) is 0. The van der Waals surface area contributed by atoms with Gasteiger partial charge in [-0.25, -0.2) is 0 Å². The van der Waals surface area contributed by atoms with Gasteiger partial charge in [0.15, 0.2) is 0 Å². The Morgan fingerprint density at radius 2 is 1.78 bits per heavy atom. The molecule has 27 heavy (non-hydrogen) atoms. The number of Topliss-reactive ketones (excluding diaryl/α,β-unsaturated/α-hetero) is 1. The van der Waals surface area contributed by atoms with E-state index in [4.69, 9.17) is 0 Å². The van der Waals surface area contributed by atoms with Gasteiger partial charge in [0.1, 0.15) is 5.78 Å². The Balaban J connectivity index is 2.09. The van der Waals surface area contributed by atoms with Crippen LogP contribution in [0.15, 0.2) is 0 Å². The van der Waals surface area contributed by atoms with Crippen molar-refractivity contribution in [2.75, 3.05) is 0 Å². The molecule has 2 aliphatic carbocycles. The van der Waals surface area contributed by atoms with Gasteiger partial charge in [0.2, 0.25) is 0 Å². The van der Waals surface area contributed by atoms with Gasteiger partial charge in [0.25, 0.3) is 0 Å². The summed E-state index contributed by atoms with van der Waals surface area (Å²) in [5, 5.41) is 20.5. The van der Waals surface area contributed by atoms with Crippen molar-refractivity contribution in [3.63, 3.8) is 0 Å². The van der Waals surface area contributed by atoms with Crippen LogP contribution in [0.3, 0.4) is 0 Å². The molecule has 2 N–H and O–H groups in total. The van der Waals surface area contributed by atoms with E-state index in [0.717, 1.165) is 51.4 Å². The lowest BCUT2D eigenvalue weighted by molar-refractivity contribution is -0.130. The first-order valence-corrected chi connectivity index (χ1v) is 11.3. The molecule has 0 bridgehead atoms. The minimum absolute atomic E-state index is 0.173. The molecule has 2 rings (SSSR count). The van der Waals surface area contributed by atoms with Crippen molar-refractivity contribution in [2.45, 2.75) is 117 Å². The molecular formula is C24H44O3. The van der Waals surface area contributed by atoms with Gasteiger partial charge in [-0.3, -0.25) is 4.79 Å². The molecule has 2 saturated carbocycles. The average molecular weight is 381 g/mol. The van der Waals surface area contributed by atoms with Gasteiger partial charge >= 0.3 is 0 Å². The third kappa shape index (κ3) is 5.79. The van der Waals surface area contributed by atoms with E-state index in [-0.39, 0.29) is 17.3 Å². The van der Waals surface area contributed by atoms with E-state index in [9.17, 15) is 15.0 Å². The molecule has 0 aromatic rings. The second-order valence-electron chi connectivity index (χ2n) is 11.2. The van der Waals surface area contributed by atoms with Gasteiger partial charge in [-0.05, 0) is 95.8 Å². The zero-order chi connectivity index (χ0) is 20.5. The van der Waals surface area contributed by atoms with Gasteiger partial charge in [-0.1, -0.05) is 26.7 Å². The summed E-state index contributed by atoms with van der Waals surface area (Å²) >= 11 is 0. The number of carbonyl (C=O) groups is 1. The molecule has 0 heterocycles. The molecule has 0 aromatic heterocycles. The molecule has 0 saturated heterocycles. The number of hydrogen-bond acceptors (Lipinski definition) is 3. The van der Waals surface area contributed by atoms with Gasteiger partial charge < -0.3 is 10.2 Å². The molecule has 0 aromatic carbocycles. The highest BCUT2D eigenvalue weighted by Gasteiger charge is 2.52. The van der Waals surface area contributed by atoms with E-state index in [1.165, 1.54) is 12.8 Å². The molecule has 5 atom stereocenters. The lowest BCUT2D eigenvalue weighted by atomic mass is 9.60.